The van der Waals surface area contributed by atoms with Gasteiger partial charge in [0.05, 0.1) is 5.71 Å². The summed E-state index contributed by atoms with van der Waals surface area (Å²) >= 11 is 0. The standard InChI is InChI=1S/C13H15NO/c15-14-13-11-5-6-12(13)8-10-4-2-1-3-9(10)7-11/h1-4,11-12,15H,5-8H2/t11-,12+. The summed E-state index contributed by atoms with van der Waals surface area (Å²) in [4.78, 5) is 0. The van der Waals surface area contributed by atoms with Crippen LogP contribution in [-0.4, -0.2) is 10.9 Å². The average Bonchev–Trinajstić information content (AvgIpc) is 2.54. The fourth-order valence-electron chi connectivity index (χ4n) is 3.09. The van der Waals surface area contributed by atoms with Gasteiger partial charge in [-0.15, -0.1) is 0 Å². The van der Waals surface area contributed by atoms with Gasteiger partial charge < -0.3 is 5.21 Å². The maximum absolute atomic E-state index is 9.06. The molecule has 2 aliphatic carbocycles. The number of oxime groups is 1. The van der Waals surface area contributed by atoms with Crippen LogP contribution in [0.2, 0.25) is 0 Å². The molecule has 1 aromatic carbocycles. The van der Waals surface area contributed by atoms with E-state index in [-0.39, 0.29) is 0 Å². The first-order valence-electron chi connectivity index (χ1n) is 5.67. The van der Waals surface area contributed by atoms with Crippen LogP contribution in [0.5, 0.6) is 0 Å². The average molecular weight is 201 g/mol. The van der Waals surface area contributed by atoms with Gasteiger partial charge in [0, 0.05) is 11.8 Å². The lowest BCUT2D eigenvalue weighted by molar-refractivity contribution is 0.313. The highest BCUT2D eigenvalue weighted by atomic mass is 16.4. The second-order valence-electron chi connectivity index (χ2n) is 4.67. The lowest BCUT2D eigenvalue weighted by Gasteiger charge is -2.11. The second kappa shape index (κ2) is 3.37. The van der Waals surface area contributed by atoms with Crippen LogP contribution in [0.4, 0.5) is 0 Å². The van der Waals surface area contributed by atoms with Gasteiger partial charge in [-0.2, -0.15) is 0 Å². The quantitative estimate of drug-likeness (QED) is 0.508. The highest BCUT2D eigenvalue weighted by molar-refractivity contribution is 5.91. The van der Waals surface area contributed by atoms with Crippen LogP contribution >= 0.6 is 0 Å². The number of fused-ring (bicyclic) bond motifs is 3. The van der Waals surface area contributed by atoms with E-state index in [2.05, 4.69) is 29.4 Å². The van der Waals surface area contributed by atoms with Crippen molar-refractivity contribution in [2.24, 2.45) is 17.0 Å². The minimum Gasteiger partial charge on any atom is -0.411 e. The van der Waals surface area contributed by atoms with Gasteiger partial charge >= 0.3 is 0 Å². The molecule has 0 aliphatic heterocycles. The molecule has 0 radical (unpaired) electrons. The number of rotatable bonds is 0. The van der Waals surface area contributed by atoms with E-state index in [1.54, 1.807) is 0 Å². The zero-order valence-corrected chi connectivity index (χ0v) is 8.69. The highest BCUT2D eigenvalue weighted by Crippen LogP contribution is 2.37. The van der Waals surface area contributed by atoms with Crippen molar-refractivity contribution in [3.8, 4) is 0 Å². The molecular formula is C13H15NO. The summed E-state index contributed by atoms with van der Waals surface area (Å²) in [7, 11) is 0. The van der Waals surface area contributed by atoms with Crippen LogP contribution in [0.15, 0.2) is 29.4 Å². The summed E-state index contributed by atoms with van der Waals surface area (Å²) in [5.41, 5.74) is 3.95. The maximum atomic E-state index is 9.06. The molecule has 1 fully saturated rings. The van der Waals surface area contributed by atoms with Crippen LogP contribution in [0.1, 0.15) is 24.0 Å². The van der Waals surface area contributed by atoms with Gasteiger partial charge in [-0.25, -0.2) is 0 Å². The number of nitrogens with zero attached hydrogens (tertiary/aromatic N) is 1. The van der Waals surface area contributed by atoms with Gasteiger partial charge in [0.2, 0.25) is 0 Å². The Morgan fingerprint density at radius 2 is 1.53 bits per heavy atom. The Hall–Kier alpha value is -1.31. The molecule has 2 nitrogen and oxygen atoms in total. The summed E-state index contributed by atoms with van der Waals surface area (Å²) in [5.74, 6) is 0.979. The molecule has 2 heteroatoms. The van der Waals surface area contributed by atoms with Crippen LogP contribution in [0.25, 0.3) is 0 Å². The van der Waals surface area contributed by atoms with Crippen LogP contribution in [0.3, 0.4) is 0 Å². The van der Waals surface area contributed by atoms with Gasteiger partial charge in [0.1, 0.15) is 0 Å². The van der Waals surface area contributed by atoms with Crippen molar-refractivity contribution in [2.45, 2.75) is 25.7 Å². The third-order valence-electron chi connectivity index (χ3n) is 3.87. The molecule has 1 aromatic rings. The van der Waals surface area contributed by atoms with E-state index >= 15 is 0 Å². The van der Waals surface area contributed by atoms with Gasteiger partial charge in [0.25, 0.3) is 0 Å². The molecule has 0 saturated heterocycles. The summed E-state index contributed by atoms with van der Waals surface area (Å²) in [6.45, 7) is 0. The van der Waals surface area contributed by atoms with Crippen molar-refractivity contribution in [1.82, 2.24) is 0 Å². The predicted molar refractivity (Wildman–Crippen MR) is 59.3 cm³/mol. The van der Waals surface area contributed by atoms with Gasteiger partial charge in [-0.05, 0) is 36.8 Å². The zero-order chi connectivity index (χ0) is 10.3. The van der Waals surface area contributed by atoms with E-state index in [1.165, 1.54) is 24.0 Å². The van der Waals surface area contributed by atoms with Gasteiger partial charge in [-0.3, -0.25) is 0 Å². The number of hydrogen-bond donors (Lipinski definition) is 1. The fraction of sp³-hybridized carbons (Fsp3) is 0.462. The SMILES string of the molecule is ON=C1[C@@H]2CC[C@H]1Cc1ccccc1C2. The molecule has 0 unspecified atom stereocenters. The molecule has 2 atom stereocenters. The Morgan fingerprint density at radius 3 is 2.00 bits per heavy atom. The van der Waals surface area contributed by atoms with Crippen molar-refractivity contribution < 1.29 is 5.21 Å². The molecule has 2 bridgehead atoms. The third kappa shape index (κ3) is 1.36. The molecule has 0 heterocycles. The first kappa shape index (κ1) is 8.96. The van der Waals surface area contributed by atoms with Crippen molar-refractivity contribution in [3.05, 3.63) is 35.4 Å². The summed E-state index contributed by atoms with van der Waals surface area (Å²) in [6.07, 6.45) is 4.51. The molecule has 15 heavy (non-hydrogen) atoms. The highest BCUT2D eigenvalue weighted by Gasteiger charge is 2.35. The van der Waals surface area contributed by atoms with Gasteiger partial charge in [0.15, 0.2) is 0 Å². The van der Waals surface area contributed by atoms with E-state index in [0.717, 1.165) is 18.6 Å². The van der Waals surface area contributed by atoms with Crippen LogP contribution < -0.4 is 0 Å². The summed E-state index contributed by atoms with van der Waals surface area (Å²) in [6, 6.07) is 8.64. The van der Waals surface area contributed by atoms with Crippen molar-refractivity contribution in [3.63, 3.8) is 0 Å². The normalized spacial score (nSPS) is 31.3. The molecule has 78 valence electrons. The van der Waals surface area contributed by atoms with E-state index in [1.807, 2.05) is 0 Å². The largest absolute Gasteiger partial charge is 0.411 e. The zero-order valence-electron chi connectivity index (χ0n) is 8.69. The molecule has 1 N–H and O–H groups in total. The lowest BCUT2D eigenvalue weighted by Crippen LogP contribution is -2.14. The van der Waals surface area contributed by atoms with Gasteiger partial charge in [-0.1, -0.05) is 29.4 Å². The Kier molecular flexibility index (Phi) is 2.01. The Morgan fingerprint density at radius 1 is 1.00 bits per heavy atom. The fourth-order valence-corrected chi connectivity index (χ4v) is 3.09. The molecule has 0 spiro atoms. The topological polar surface area (TPSA) is 32.6 Å². The van der Waals surface area contributed by atoms with Crippen molar-refractivity contribution >= 4 is 5.71 Å². The van der Waals surface area contributed by atoms with E-state index < -0.39 is 0 Å². The molecule has 3 rings (SSSR count). The van der Waals surface area contributed by atoms with E-state index in [4.69, 9.17) is 5.21 Å². The lowest BCUT2D eigenvalue weighted by atomic mass is 9.94. The van der Waals surface area contributed by atoms with Crippen molar-refractivity contribution in [1.29, 1.82) is 0 Å². The minimum absolute atomic E-state index is 0.489. The predicted octanol–water partition coefficient (Wildman–Crippen LogP) is 2.64. The molecule has 2 aliphatic rings. The van der Waals surface area contributed by atoms with Crippen LogP contribution in [-0.2, 0) is 12.8 Å². The third-order valence-corrected chi connectivity index (χ3v) is 3.87. The minimum atomic E-state index is 0.489. The van der Waals surface area contributed by atoms with Crippen molar-refractivity contribution in [2.75, 3.05) is 0 Å². The summed E-state index contributed by atoms with van der Waals surface area (Å²) in [5, 5.41) is 12.6. The smallest absolute Gasteiger partial charge is 0.0639 e. The van der Waals surface area contributed by atoms with E-state index in [0.29, 0.717) is 11.8 Å². The number of benzene rings is 1. The number of hydrogen-bond acceptors (Lipinski definition) is 2. The van der Waals surface area contributed by atoms with E-state index in [9.17, 15) is 0 Å². The second-order valence-corrected chi connectivity index (χ2v) is 4.67. The summed E-state index contributed by atoms with van der Waals surface area (Å²) < 4.78 is 0. The maximum Gasteiger partial charge on any atom is 0.0639 e. The Bertz CT molecular complexity index is 376. The molecule has 1 saturated carbocycles. The first-order chi connectivity index (χ1) is 7.38. The molecule has 0 amide bonds. The monoisotopic (exact) mass is 201 g/mol. The van der Waals surface area contributed by atoms with Crippen LogP contribution in [0, 0.1) is 11.8 Å². The molecular weight excluding hydrogens is 186 g/mol. The Labute approximate surface area is 89.6 Å². The first-order valence-corrected chi connectivity index (χ1v) is 5.67. The molecule has 0 aromatic heterocycles. The Balaban J connectivity index is 2.04.